The van der Waals surface area contributed by atoms with Crippen molar-refractivity contribution in [2.24, 2.45) is 0 Å². The summed E-state index contributed by atoms with van der Waals surface area (Å²) in [4.78, 5) is 14.4. The van der Waals surface area contributed by atoms with Crippen molar-refractivity contribution < 1.29 is 9.53 Å². The highest BCUT2D eigenvalue weighted by Crippen LogP contribution is 2.24. The maximum Gasteiger partial charge on any atom is 0.224 e. The number of methoxy groups -OCH3 is 1. The molecule has 0 aliphatic rings. The molecule has 0 spiro atoms. The second kappa shape index (κ2) is 10.1. The van der Waals surface area contributed by atoms with Crippen LogP contribution in [0.4, 0.5) is 11.4 Å². The van der Waals surface area contributed by atoms with Crippen LogP contribution in [0.2, 0.25) is 0 Å². The first-order valence-corrected chi connectivity index (χ1v) is 8.06. The molecule has 0 fully saturated rings. The van der Waals surface area contributed by atoms with E-state index in [-0.39, 0.29) is 5.91 Å². The Morgan fingerprint density at radius 3 is 2.45 bits per heavy atom. The summed E-state index contributed by atoms with van der Waals surface area (Å²) in [6.07, 6.45) is 3.70. The van der Waals surface area contributed by atoms with Crippen LogP contribution in [0, 0.1) is 0 Å². The summed E-state index contributed by atoms with van der Waals surface area (Å²) >= 11 is 0. The van der Waals surface area contributed by atoms with E-state index in [4.69, 9.17) is 10.5 Å². The van der Waals surface area contributed by atoms with Crippen molar-refractivity contribution in [2.45, 2.75) is 39.5 Å². The highest BCUT2D eigenvalue weighted by Gasteiger charge is 2.07. The van der Waals surface area contributed by atoms with Crippen LogP contribution in [0.15, 0.2) is 18.2 Å². The van der Waals surface area contributed by atoms with Gasteiger partial charge in [-0.15, -0.1) is 0 Å². The molecule has 1 rings (SSSR count). The lowest BCUT2D eigenvalue weighted by Gasteiger charge is -2.20. The van der Waals surface area contributed by atoms with Crippen LogP contribution in [0.3, 0.4) is 0 Å². The van der Waals surface area contributed by atoms with Gasteiger partial charge in [0.15, 0.2) is 0 Å². The number of anilines is 2. The third-order valence-electron chi connectivity index (χ3n) is 3.47. The third-order valence-corrected chi connectivity index (χ3v) is 3.47. The second-order valence-corrected chi connectivity index (χ2v) is 5.45. The first-order chi connectivity index (χ1) is 10.6. The van der Waals surface area contributed by atoms with E-state index in [1.807, 2.05) is 0 Å². The van der Waals surface area contributed by atoms with Gasteiger partial charge in [0.25, 0.3) is 0 Å². The Kier molecular flexibility index (Phi) is 8.36. The largest absolute Gasteiger partial charge is 0.495 e. The summed E-state index contributed by atoms with van der Waals surface area (Å²) in [6, 6.07) is 5.28. The highest BCUT2D eigenvalue weighted by molar-refractivity contribution is 5.91. The highest BCUT2D eigenvalue weighted by atomic mass is 16.5. The zero-order chi connectivity index (χ0) is 16.4. The Balaban J connectivity index is 2.38. The molecule has 0 atom stereocenters. The Morgan fingerprint density at radius 2 is 1.91 bits per heavy atom. The van der Waals surface area contributed by atoms with Crippen LogP contribution in [0.25, 0.3) is 0 Å². The number of nitrogen functional groups attached to an aromatic ring is 1. The van der Waals surface area contributed by atoms with Crippen LogP contribution >= 0.6 is 0 Å². The molecule has 0 aromatic heterocycles. The molecule has 1 aromatic carbocycles. The summed E-state index contributed by atoms with van der Waals surface area (Å²) in [5.74, 6) is 0.644. The standard InChI is InChI=1S/C17H29N3O2/c1-4-10-20(11-5-2)12-6-7-17(21)19-14-8-9-16(22-3)15(18)13-14/h8-9,13H,4-7,10-12,18H2,1-3H3,(H,19,21). The molecule has 0 unspecified atom stereocenters. The number of amides is 1. The predicted molar refractivity (Wildman–Crippen MR) is 92.3 cm³/mol. The van der Waals surface area contributed by atoms with Gasteiger partial charge in [0, 0.05) is 12.1 Å². The van der Waals surface area contributed by atoms with Gasteiger partial charge in [0.2, 0.25) is 5.91 Å². The molecule has 22 heavy (non-hydrogen) atoms. The van der Waals surface area contributed by atoms with Gasteiger partial charge in [-0.25, -0.2) is 0 Å². The summed E-state index contributed by atoms with van der Waals surface area (Å²) in [7, 11) is 1.57. The fourth-order valence-corrected chi connectivity index (χ4v) is 2.47. The Labute approximate surface area is 133 Å². The SMILES string of the molecule is CCCN(CCC)CCCC(=O)Nc1ccc(OC)c(N)c1. The maximum absolute atomic E-state index is 12.0. The molecule has 124 valence electrons. The molecular weight excluding hydrogens is 278 g/mol. The van der Waals surface area contributed by atoms with Crippen LogP contribution in [-0.4, -0.2) is 37.6 Å². The Bertz CT molecular complexity index is 457. The van der Waals surface area contributed by atoms with E-state index in [1.165, 1.54) is 0 Å². The first-order valence-electron chi connectivity index (χ1n) is 8.06. The van der Waals surface area contributed by atoms with Crippen molar-refractivity contribution in [1.29, 1.82) is 0 Å². The molecule has 3 N–H and O–H groups in total. The molecule has 5 heteroatoms. The zero-order valence-corrected chi connectivity index (χ0v) is 14.0. The molecule has 1 amide bonds. The van der Waals surface area contributed by atoms with Crippen molar-refractivity contribution >= 4 is 17.3 Å². The lowest BCUT2D eigenvalue weighted by molar-refractivity contribution is -0.116. The molecule has 0 aliphatic heterocycles. The van der Waals surface area contributed by atoms with Gasteiger partial charge in [-0.05, 0) is 57.1 Å². The van der Waals surface area contributed by atoms with Gasteiger partial charge < -0.3 is 20.7 Å². The lowest BCUT2D eigenvalue weighted by atomic mass is 10.2. The third kappa shape index (κ3) is 6.35. The van der Waals surface area contributed by atoms with Crippen LogP contribution in [0.1, 0.15) is 39.5 Å². The van der Waals surface area contributed by atoms with Crippen molar-refractivity contribution in [3.8, 4) is 5.75 Å². The van der Waals surface area contributed by atoms with Gasteiger partial charge >= 0.3 is 0 Å². The van der Waals surface area contributed by atoms with Crippen molar-refractivity contribution in [1.82, 2.24) is 4.90 Å². The minimum Gasteiger partial charge on any atom is -0.495 e. The van der Waals surface area contributed by atoms with Crippen LogP contribution in [0.5, 0.6) is 5.75 Å². The summed E-state index contributed by atoms with van der Waals surface area (Å²) in [5, 5.41) is 2.88. The van der Waals surface area contributed by atoms with E-state index in [9.17, 15) is 4.79 Å². The van der Waals surface area contributed by atoms with Crippen molar-refractivity contribution in [3.05, 3.63) is 18.2 Å². The predicted octanol–water partition coefficient (Wildman–Crippen LogP) is 3.12. The average molecular weight is 307 g/mol. The van der Waals surface area contributed by atoms with Gasteiger partial charge in [0.05, 0.1) is 12.8 Å². The average Bonchev–Trinajstić information content (AvgIpc) is 2.48. The Morgan fingerprint density at radius 1 is 1.23 bits per heavy atom. The van der Waals surface area contributed by atoms with E-state index in [2.05, 4.69) is 24.1 Å². The van der Waals surface area contributed by atoms with Crippen molar-refractivity contribution in [3.63, 3.8) is 0 Å². The minimum atomic E-state index is 0.0255. The number of ether oxygens (including phenoxy) is 1. The van der Waals surface area contributed by atoms with Gasteiger partial charge in [-0.2, -0.15) is 0 Å². The van der Waals surface area contributed by atoms with E-state index in [0.29, 0.717) is 23.5 Å². The normalized spacial score (nSPS) is 10.7. The number of hydrogen-bond acceptors (Lipinski definition) is 4. The number of nitrogens with one attached hydrogen (secondary N) is 1. The van der Waals surface area contributed by atoms with Gasteiger partial charge in [-0.3, -0.25) is 4.79 Å². The molecule has 0 radical (unpaired) electrons. The summed E-state index contributed by atoms with van der Waals surface area (Å²) < 4.78 is 5.10. The summed E-state index contributed by atoms with van der Waals surface area (Å²) in [5.41, 5.74) is 7.07. The monoisotopic (exact) mass is 307 g/mol. The molecular formula is C17H29N3O2. The van der Waals surface area contributed by atoms with Crippen LogP contribution < -0.4 is 15.8 Å². The van der Waals surface area contributed by atoms with E-state index < -0.39 is 0 Å². The molecule has 0 aliphatic carbocycles. The maximum atomic E-state index is 12.0. The molecule has 0 bridgehead atoms. The van der Waals surface area contributed by atoms with E-state index >= 15 is 0 Å². The number of nitrogens with zero attached hydrogens (tertiary/aromatic N) is 1. The fraction of sp³-hybridized carbons (Fsp3) is 0.588. The Hall–Kier alpha value is -1.75. The number of hydrogen-bond donors (Lipinski definition) is 2. The molecule has 1 aromatic rings. The fourth-order valence-electron chi connectivity index (χ4n) is 2.47. The van der Waals surface area contributed by atoms with E-state index in [0.717, 1.165) is 38.9 Å². The zero-order valence-electron chi connectivity index (χ0n) is 14.0. The quantitative estimate of drug-likeness (QED) is 0.652. The smallest absolute Gasteiger partial charge is 0.224 e. The van der Waals surface area contributed by atoms with Crippen LogP contribution in [-0.2, 0) is 4.79 Å². The van der Waals surface area contributed by atoms with E-state index in [1.54, 1.807) is 25.3 Å². The second-order valence-electron chi connectivity index (χ2n) is 5.45. The minimum absolute atomic E-state index is 0.0255. The molecule has 0 heterocycles. The van der Waals surface area contributed by atoms with Crippen molar-refractivity contribution in [2.75, 3.05) is 37.8 Å². The molecule has 5 nitrogen and oxygen atoms in total. The van der Waals surface area contributed by atoms with Gasteiger partial charge in [-0.1, -0.05) is 13.8 Å². The molecule has 0 saturated heterocycles. The topological polar surface area (TPSA) is 67.6 Å². The summed E-state index contributed by atoms with van der Waals surface area (Å²) in [6.45, 7) is 7.54. The first kappa shape index (κ1) is 18.3. The number of nitrogens with two attached hydrogens (primary N) is 1. The lowest BCUT2D eigenvalue weighted by Crippen LogP contribution is -2.27. The number of rotatable bonds is 10. The molecule has 0 saturated carbocycles. The number of carbonyl (C=O) groups excluding carboxylic acids is 1. The number of carbonyl (C=O) groups is 1. The van der Waals surface area contributed by atoms with Gasteiger partial charge in [0.1, 0.15) is 5.75 Å². The number of benzene rings is 1.